The summed E-state index contributed by atoms with van der Waals surface area (Å²) in [6.45, 7) is 0. The maximum Gasteiger partial charge on any atom is 0.297 e. The lowest BCUT2D eigenvalue weighted by Gasteiger charge is -2.06. The van der Waals surface area contributed by atoms with E-state index in [1.165, 1.54) is 0 Å². The lowest BCUT2D eigenvalue weighted by molar-refractivity contribution is 0.102. The number of nitrogens with one attached hydrogen (secondary N) is 1. The molecule has 124 valence electrons. The van der Waals surface area contributed by atoms with Crippen LogP contribution in [0.3, 0.4) is 0 Å². The first-order valence-electron chi connectivity index (χ1n) is 7.84. The SMILES string of the molecule is CN(C)c1nc2cc(NC(=O)c3ccc4ncccc4c3)ccc2o1. The molecule has 1 N–H and O–H groups in total. The van der Waals surface area contributed by atoms with Crippen molar-refractivity contribution in [2.24, 2.45) is 0 Å². The summed E-state index contributed by atoms with van der Waals surface area (Å²) in [6, 6.07) is 15.2. The van der Waals surface area contributed by atoms with Gasteiger partial charge in [-0.3, -0.25) is 9.78 Å². The molecule has 0 atom stereocenters. The molecule has 1 amide bonds. The van der Waals surface area contributed by atoms with E-state index < -0.39 is 0 Å². The third-order valence-corrected chi connectivity index (χ3v) is 3.88. The zero-order valence-corrected chi connectivity index (χ0v) is 13.9. The third-order valence-electron chi connectivity index (χ3n) is 3.88. The molecule has 25 heavy (non-hydrogen) atoms. The van der Waals surface area contributed by atoms with E-state index in [9.17, 15) is 4.79 Å². The Labute approximate surface area is 144 Å². The molecule has 0 bridgehead atoms. The molecule has 0 aliphatic heterocycles. The van der Waals surface area contributed by atoms with E-state index in [0.29, 0.717) is 28.4 Å². The number of aromatic nitrogens is 2. The van der Waals surface area contributed by atoms with Gasteiger partial charge in [-0.05, 0) is 42.5 Å². The molecular weight excluding hydrogens is 316 g/mol. The van der Waals surface area contributed by atoms with Gasteiger partial charge in [0.05, 0.1) is 5.52 Å². The highest BCUT2D eigenvalue weighted by molar-refractivity contribution is 6.06. The van der Waals surface area contributed by atoms with Crippen molar-refractivity contribution in [3.8, 4) is 0 Å². The van der Waals surface area contributed by atoms with Crippen molar-refractivity contribution in [2.75, 3.05) is 24.3 Å². The molecule has 0 saturated heterocycles. The number of rotatable bonds is 3. The second-order valence-electron chi connectivity index (χ2n) is 5.94. The Morgan fingerprint density at radius 1 is 1.08 bits per heavy atom. The molecule has 0 aliphatic carbocycles. The fraction of sp³-hybridized carbons (Fsp3) is 0.105. The van der Waals surface area contributed by atoms with Crippen molar-refractivity contribution in [2.45, 2.75) is 0 Å². The number of benzene rings is 2. The normalized spacial score (nSPS) is 11.0. The topological polar surface area (TPSA) is 71.3 Å². The molecule has 2 aromatic carbocycles. The number of hydrogen-bond donors (Lipinski definition) is 1. The van der Waals surface area contributed by atoms with Gasteiger partial charge in [-0.25, -0.2) is 0 Å². The first-order chi connectivity index (χ1) is 12.1. The molecule has 6 heteroatoms. The fourth-order valence-electron chi connectivity index (χ4n) is 2.60. The van der Waals surface area contributed by atoms with Gasteiger partial charge in [0, 0.05) is 36.9 Å². The van der Waals surface area contributed by atoms with Crippen LogP contribution in [0.1, 0.15) is 10.4 Å². The van der Waals surface area contributed by atoms with Crippen molar-refractivity contribution in [3.05, 3.63) is 60.3 Å². The summed E-state index contributed by atoms with van der Waals surface area (Å²) in [5.41, 5.74) is 3.49. The van der Waals surface area contributed by atoms with Crippen LogP contribution in [-0.2, 0) is 0 Å². The van der Waals surface area contributed by atoms with Gasteiger partial charge in [0.1, 0.15) is 5.52 Å². The Balaban J connectivity index is 1.61. The summed E-state index contributed by atoms with van der Waals surface area (Å²) in [5.74, 6) is -0.179. The average molecular weight is 332 g/mol. The molecule has 0 spiro atoms. The van der Waals surface area contributed by atoms with Crippen molar-refractivity contribution >= 4 is 39.6 Å². The molecular formula is C19H16N4O2. The molecule has 4 aromatic rings. The zero-order valence-electron chi connectivity index (χ0n) is 13.9. The van der Waals surface area contributed by atoms with Crippen molar-refractivity contribution in [1.82, 2.24) is 9.97 Å². The monoisotopic (exact) mass is 332 g/mol. The van der Waals surface area contributed by atoms with E-state index in [4.69, 9.17) is 4.42 Å². The molecule has 6 nitrogen and oxygen atoms in total. The predicted molar refractivity (Wildman–Crippen MR) is 98.0 cm³/mol. The number of amides is 1. The second-order valence-corrected chi connectivity index (χ2v) is 5.94. The van der Waals surface area contributed by atoms with Gasteiger partial charge >= 0.3 is 0 Å². The number of anilines is 2. The van der Waals surface area contributed by atoms with Crippen LogP contribution < -0.4 is 10.2 Å². The van der Waals surface area contributed by atoms with Crippen LogP contribution in [0.5, 0.6) is 0 Å². The standard InChI is InChI=1S/C19H16N4O2/c1-23(2)19-22-16-11-14(6-8-17(16)25-19)21-18(24)13-5-7-15-12(10-13)4-3-9-20-15/h3-11H,1-2H3,(H,21,24). The summed E-state index contributed by atoms with van der Waals surface area (Å²) in [4.78, 5) is 23.0. The summed E-state index contributed by atoms with van der Waals surface area (Å²) in [7, 11) is 3.73. The Kier molecular flexibility index (Phi) is 3.57. The zero-order chi connectivity index (χ0) is 17.4. The van der Waals surface area contributed by atoms with Crippen molar-refractivity contribution in [3.63, 3.8) is 0 Å². The van der Waals surface area contributed by atoms with E-state index in [2.05, 4.69) is 15.3 Å². The number of carbonyl (C=O) groups is 1. The van der Waals surface area contributed by atoms with E-state index in [-0.39, 0.29) is 5.91 Å². The number of pyridine rings is 1. The molecule has 4 rings (SSSR count). The maximum atomic E-state index is 12.5. The van der Waals surface area contributed by atoms with Gasteiger partial charge in [-0.2, -0.15) is 4.98 Å². The van der Waals surface area contributed by atoms with E-state index in [0.717, 1.165) is 10.9 Å². The molecule has 2 heterocycles. The summed E-state index contributed by atoms with van der Waals surface area (Å²) >= 11 is 0. The fourth-order valence-corrected chi connectivity index (χ4v) is 2.60. The lowest BCUT2D eigenvalue weighted by atomic mass is 10.1. The third kappa shape index (κ3) is 2.89. The van der Waals surface area contributed by atoms with Gasteiger partial charge < -0.3 is 14.6 Å². The Morgan fingerprint density at radius 3 is 2.80 bits per heavy atom. The largest absolute Gasteiger partial charge is 0.423 e. The molecule has 0 unspecified atom stereocenters. The van der Waals surface area contributed by atoms with Gasteiger partial charge in [-0.15, -0.1) is 0 Å². The van der Waals surface area contributed by atoms with Crippen LogP contribution in [-0.4, -0.2) is 30.0 Å². The van der Waals surface area contributed by atoms with Crippen LogP contribution >= 0.6 is 0 Å². The molecule has 0 aliphatic rings. The molecule has 2 aromatic heterocycles. The molecule has 0 saturated carbocycles. The summed E-state index contributed by atoms with van der Waals surface area (Å²) in [6.07, 6.45) is 1.73. The van der Waals surface area contributed by atoms with Gasteiger partial charge in [0.2, 0.25) is 0 Å². The van der Waals surface area contributed by atoms with Gasteiger partial charge in [0.25, 0.3) is 11.9 Å². The number of fused-ring (bicyclic) bond motifs is 2. The highest BCUT2D eigenvalue weighted by atomic mass is 16.4. The highest BCUT2D eigenvalue weighted by Crippen LogP contribution is 2.24. The maximum absolute atomic E-state index is 12.5. The first-order valence-corrected chi connectivity index (χ1v) is 7.84. The predicted octanol–water partition coefficient (Wildman–Crippen LogP) is 3.69. The van der Waals surface area contributed by atoms with Crippen LogP contribution in [0.2, 0.25) is 0 Å². The van der Waals surface area contributed by atoms with Crippen LogP contribution in [0, 0.1) is 0 Å². The minimum absolute atomic E-state index is 0.179. The van der Waals surface area contributed by atoms with Crippen LogP contribution in [0.4, 0.5) is 11.7 Å². The number of hydrogen-bond acceptors (Lipinski definition) is 5. The molecule has 0 fully saturated rings. The van der Waals surface area contributed by atoms with E-state index in [1.54, 1.807) is 35.4 Å². The summed E-state index contributed by atoms with van der Waals surface area (Å²) < 4.78 is 5.62. The van der Waals surface area contributed by atoms with E-state index in [1.807, 2.05) is 38.4 Å². The minimum Gasteiger partial charge on any atom is -0.423 e. The van der Waals surface area contributed by atoms with Crippen LogP contribution in [0.25, 0.3) is 22.0 Å². The smallest absolute Gasteiger partial charge is 0.297 e. The Hall–Kier alpha value is -3.41. The van der Waals surface area contributed by atoms with Gasteiger partial charge in [-0.1, -0.05) is 6.07 Å². The average Bonchev–Trinajstić information content (AvgIpc) is 3.05. The van der Waals surface area contributed by atoms with E-state index >= 15 is 0 Å². The summed E-state index contributed by atoms with van der Waals surface area (Å²) in [5, 5.41) is 3.83. The first kappa shape index (κ1) is 15.1. The number of oxazole rings is 1. The number of carbonyl (C=O) groups excluding carboxylic acids is 1. The Morgan fingerprint density at radius 2 is 1.96 bits per heavy atom. The Bertz CT molecular complexity index is 1090. The lowest BCUT2D eigenvalue weighted by Crippen LogP contribution is -2.11. The number of nitrogens with zero attached hydrogens (tertiary/aromatic N) is 3. The van der Waals surface area contributed by atoms with Crippen LogP contribution in [0.15, 0.2) is 59.1 Å². The van der Waals surface area contributed by atoms with Gasteiger partial charge in [0.15, 0.2) is 5.58 Å². The minimum atomic E-state index is -0.179. The van der Waals surface area contributed by atoms with Crippen molar-refractivity contribution < 1.29 is 9.21 Å². The van der Waals surface area contributed by atoms with Crippen molar-refractivity contribution in [1.29, 1.82) is 0 Å². The molecule has 0 radical (unpaired) electrons. The second kappa shape index (κ2) is 5.90. The quantitative estimate of drug-likeness (QED) is 0.619. The highest BCUT2D eigenvalue weighted by Gasteiger charge is 2.11.